The van der Waals surface area contributed by atoms with E-state index < -0.39 is 16.1 Å². The number of fused-ring (bicyclic) bond motifs is 7. The maximum atomic E-state index is 2.64. The van der Waals surface area contributed by atoms with Crippen LogP contribution in [0.3, 0.4) is 0 Å². The van der Waals surface area contributed by atoms with Gasteiger partial charge in [0.2, 0.25) is 0 Å². The maximum Gasteiger partial charge on any atom is 0.252 e. The summed E-state index contributed by atoms with van der Waals surface area (Å²) in [5, 5.41) is 13.1. The molecule has 0 fully saturated rings. The SMILES string of the molecule is c1ccc(-c2cccc3c2B2c4cccc(-c5ccccc5)c4N(c4ccc([Si](c5ccccc5)(c5ccccc5)c5ccccc5)cc4)c4cc(-n5c6ccccc6c6ccccc65)cc(c42)N3c2ccc([Si](c3ccccc3)(c3ccccc3)c3ccccc3)cc2)cc1. The van der Waals surface area contributed by atoms with Crippen LogP contribution in [-0.2, 0) is 0 Å². The Morgan fingerprint density at radius 2 is 0.562 bits per heavy atom. The molecule has 0 unspecified atom stereocenters. The third kappa shape index (κ3) is 8.94. The zero-order valence-electron chi connectivity index (χ0n) is 52.9. The van der Waals surface area contributed by atoms with Crippen LogP contribution in [0.2, 0.25) is 0 Å². The topological polar surface area (TPSA) is 11.4 Å². The van der Waals surface area contributed by atoms with Crippen LogP contribution < -0.4 is 67.7 Å². The number of hydrogen-bond donors (Lipinski definition) is 0. The normalized spacial score (nSPS) is 12.5. The molecule has 1 aromatic heterocycles. The first-order valence-electron chi connectivity index (χ1n) is 33.4. The fourth-order valence-corrected chi connectivity index (χ4v) is 26.0. The van der Waals surface area contributed by atoms with Gasteiger partial charge in [0.1, 0.15) is 0 Å². The molecule has 450 valence electrons. The molecule has 16 aromatic rings. The van der Waals surface area contributed by atoms with Gasteiger partial charge in [-0.1, -0.05) is 334 Å². The number of hydrogen-bond acceptors (Lipinski definition) is 2. The molecule has 18 rings (SSSR count). The van der Waals surface area contributed by atoms with E-state index in [1.807, 2.05) is 0 Å². The summed E-state index contributed by atoms with van der Waals surface area (Å²) in [6, 6.07) is 146. The number of anilines is 6. The first kappa shape index (κ1) is 56.9. The second-order valence-electron chi connectivity index (χ2n) is 25.4. The van der Waals surface area contributed by atoms with Gasteiger partial charge in [-0.15, -0.1) is 0 Å². The summed E-state index contributed by atoms with van der Waals surface area (Å²) < 4.78 is 2.52. The lowest BCUT2D eigenvalue weighted by Crippen LogP contribution is -2.74. The van der Waals surface area contributed by atoms with E-state index in [1.165, 1.54) is 91.0 Å². The molecular formula is C90H64BN3Si2. The Bertz CT molecular complexity index is 5260. The molecule has 0 aliphatic carbocycles. The van der Waals surface area contributed by atoms with Crippen molar-refractivity contribution in [3.8, 4) is 27.9 Å². The summed E-state index contributed by atoms with van der Waals surface area (Å²) >= 11 is 0. The highest BCUT2D eigenvalue weighted by molar-refractivity contribution is 7.20. The minimum atomic E-state index is -2.92. The summed E-state index contributed by atoms with van der Waals surface area (Å²) in [5.41, 5.74) is 18.7. The molecule has 2 aliphatic rings. The molecule has 0 saturated carbocycles. The second-order valence-corrected chi connectivity index (χ2v) is 33.0. The summed E-state index contributed by atoms with van der Waals surface area (Å²) in [6.45, 7) is -0.193. The van der Waals surface area contributed by atoms with Crippen molar-refractivity contribution in [2.24, 2.45) is 0 Å². The largest absolute Gasteiger partial charge is 0.311 e. The molecule has 2 aliphatic heterocycles. The smallest absolute Gasteiger partial charge is 0.252 e. The predicted molar refractivity (Wildman–Crippen MR) is 413 cm³/mol. The minimum absolute atomic E-state index is 0.193. The van der Waals surface area contributed by atoms with Crippen molar-refractivity contribution >= 4 is 137 Å². The van der Waals surface area contributed by atoms with Crippen molar-refractivity contribution < 1.29 is 0 Å². The quantitative estimate of drug-likeness (QED) is 0.0842. The second kappa shape index (κ2) is 23.6. The van der Waals surface area contributed by atoms with E-state index in [4.69, 9.17) is 0 Å². The lowest BCUT2D eigenvalue weighted by Gasteiger charge is -2.46. The zero-order valence-corrected chi connectivity index (χ0v) is 54.9. The molecule has 3 nitrogen and oxygen atoms in total. The van der Waals surface area contributed by atoms with Gasteiger partial charge in [0.15, 0.2) is 16.1 Å². The standard InChI is InChI=1S/C90H64BN3Si2/c1-9-31-65(32-10-1)78-49-30-54-85-88(78)91-82-51-29-50-79(66-33-11-2-12-34-66)90(82)94(68-57-61-77(62-58-68)96(73-41-19-6-20-42-73,74-43-21-7-22-44-74)75-45-23-8-24-46-75)87-64-69(93-83-52-27-25-47-80(83)81-48-26-28-53-84(81)93)63-86(89(87)91)92(85)67-55-59-76(60-56-67)95(70-35-13-3-14-36-70,71-37-15-4-16-38-71)72-39-17-5-18-40-72/h1-64H. The number of para-hydroxylation sites is 3. The van der Waals surface area contributed by atoms with Gasteiger partial charge in [-0.2, -0.15) is 0 Å². The fourth-order valence-electron chi connectivity index (χ4n) is 16.5. The number of rotatable bonds is 13. The van der Waals surface area contributed by atoms with Crippen LogP contribution in [0, 0.1) is 0 Å². The molecule has 0 amide bonds. The van der Waals surface area contributed by atoms with E-state index in [0.29, 0.717) is 0 Å². The molecule has 6 heteroatoms. The van der Waals surface area contributed by atoms with Crippen molar-refractivity contribution in [1.29, 1.82) is 0 Å². The van der Waals surface area contributed by atoms with Gasteiger partial charge in [-0.05, 0) is 129 Å². The fraction of sp³-hybridized carbons (Fsp3) is 0. The van der Waals surface area contributed by atoms with Crippen LogP contribution in [0.5, 0.6) is 0 Å². The van der Waals surface area contributed by atoms with Gasteiger partial charge in [0.25, 0.3) is 6.71 Å². The summed E-state index contributed by atoms with van der Waals surface area (Å²) in [4.78, 5) is 5.25. The van der Waals surface area contributed by atoms with E-state index in [0.717, 1.165) is 50.7 Å². The molecule has 15 aromatic carbocycles. The van der Waals surface area contributed by atoms with Crippen LogP contribution in [-0.4, -0.2) is 27.4 Å². The Balaban J connectivity index is 0.947. The van der Waals surface area contributed by atoms with Crippen LogP contribution in [0.1, 0.15) is 0 Å². The average molecular weight is 1250 g/mol. The summed E-state index contributed by atoms with van der Waals surface area (Å²) in [7, 11) is -5.82. The van der Waals surface area contributed by atoms with Gasteiger partial charge < -0.3 is 14.4 Å². The average Bonchev–Trinajstić information content (AvgIpc) is 0.748. The lowest BCUT2D eigenvalue weighted by molar-refractivity contribution is 1.16. The van der Waals surface area contributed by atoms with Crippen molar-refractivity contribution in [3.05, 3.63) is 388 Å². The van der Waals surface area contributed by atoms with Gasteiger partial charge >= 0.3 is 0 Å². The van der Waals surface area contributed by atoms with E-state index in [2.05, 4.69) is 403 Å². The molecule has 0 atom stereocenters. The molecule has 96 heavy (non-hydrogen) atoms. The van der Waals surface area contributed by atoms with Crippen LogP contribution in [0.4, 0.5) is 34.1 Å². The van der Waals surface area contributed by atoms with Gasteiger partial charge in [-0.25, -0.2) is 0 Å². The van der Waals surface area contributed by atoms with Gasteiger partial charge in [0, 0.05) is 50.5 Å². The van der Waals surface area contributed by atoms with E-state index in [-0.39, 0.29) is 6.71 Å². The summed E-state index contributed by atoms with van der Waals surface area (Å²) in [5.74, 6) is 0. The van der Waals surface area contributed by atoms with Gasteiger partial charge in [0.05, 0.1) is 16.7 Å². The third-order valence-electron chi connectivity index (χ3n) is 20.5. The predicted octanol–water partition coefficient (Wildman–Crippen LogP) is 15.0. The van der Waals surface area contributed by atoms with Crippen molar-refractivity contribution in [3.63, 3.8) is 0 Å². The Labute approximate surface area is 563 Å². The van der Waals surface area contributed by atoms with Crippen molar-refractivity contribution in [2.75, 3.05) is 9.80 Å². The van der Waals surface area contributed by atoms with Crippen LogP contribution in [0.25, 0.3) is 49.7 Å². The minimum Gasteiger partial charge on any atom is -0.311 e. The molecule has 0 radical (unpaired) electrons. The molecule has 0 saturated heterocycles. The highest BCUT2D eigenvalue weighted by Crippen LogP contribution is 2.49. The molecule has 0 spiro atoms. The number of aromatic nitrogens is 1. The molecule has 3 heterocycles. The Morgan fingerprint density at radius 3 is 0.990 bits per heavy atom. The first-order chi connectivity index (χ1) is 47.7. The van der Waals surface area contributed by atoms with Crippen LogP contribution in [0.15, 0.2) is 388 Å². The van der Waals surface area contributed by atoms with Crippen LogP contribution >= 0.6 is 0 Å². The highest BCUT2D eigenvalue weighted by Gasteiger charge is 2.48. The van der Waals surface area contributed by atoms with E-state index >= 15 is 0 Å². The number of benzene rings is 15. The Hall–Kier alpha value is -11.8. The lowest BCUT2D eigenvalue weighted by atomic mass is 9.32. The Kier molecular flexibility index (Phi) is 14.0. The summed E-state index contributed by atoms with van der Waals surface area (Å²) in [6.07, 6.45) is 0. The first-order valence-corrected chi connectivity index (χ1v) is 37.4. The highest BCUT2D eigenvalue weighted by atomic mass is 28.3. The maximum absolute atomic E-state index is 2.92. The molecule has 0 N–H and O–H groups in total. The van der Waals surface area contributed by atoms with Crippen molar-refractivity contribution in [2.45, 2.75) is 0 Å². The Morgan fingerprint density at radius 1 is 0.229 bits per heavy atom. The molecular weight excluding hydrogens is 1190 g/mol. The van der Waals surface area contributed by atoms with Crippen molar-refractivity contribution in [1.82, 2.24) is 4.57 Å². The zero-order chi connectivity index (χ0) is 63.6. The number of nitrogens with zero attached hydrogens (tertiary/aromatic N) is 3. The van der Waals surface area contributed by atoms with E-state index in [9.17, 15) is 0 Å². The van der Waals surface area contributed by atoms with Gasteiger partial charge in [-0.3, -0.25) is 0 Å². The third-order valence-corrected chi connectivity index (χ3v) is 30.1. The molecule has 0 bridgehead atoms. The monoisotopic (exact) mass is 1250 g/mol. The van der Waals surface area contributed by atoms with E-state index in [1.54, 1.807) is 0 Å².